The van der Waals surface area contributed by atoms with Crippen molar-refractivity contribution in [3.8, 4) is 0 Å². The molecule has 0 aliphatic carbocycles. The molecule has 3 nitrogen and oxygen atoms in total. The fourth-order valence-electron chi connectivity index (χ4n) is 2.26. The van der Waals surface area contributed by atoms with Crippen LogP contribution in [0.4, 0.5) is 0 Å². The van der Waals surface area contributed by atoms with Gasteiger partial charge >= 0.3 is 5.97 Å². The van der Waals surface area contributed by atoms with Crippen LogP contribution in [0.5, 0.6) is 0 Å². The monoisotopic (exact) mass is 258 g/mol. The SMILES string of the molecule is CCCCCCCCCCC(C(=O)O)C(O)CC. The summed E-state index contributed by atoms with van der Waals surface area (Å²) < 4.78 is 0. The van der Waals surface area contributed by atoms with Crippen LogP contribution in [0.2, 0.25) is 0 Å². The first kappa shape index (κ1) is 17.4. The van der Waals surface area contributed by atoms with E-state index in [0.717, 1.165) is 12.8 Å². The third kappa shape index (κ3) is 8.51. The maximum Gasteiger partial charge on any atom is 0.309 e. The van der Waals surface area contributed by atoms with E-state index in [9.17, 15) is 9.90 Å². The summed E-state index contributed by atoms with van der Waals surface area (Å²) in [6, 6.07) is 0. The van der Waals surface area contributed by atoms with Crippen molar-refractivity contribution >= 4 is 5.97 Å². The third-order valence-corrected chi connectivity index (χ3v) is 3.57. The molecular weight excluding hydrogens is 228 g/mol. The largest absolute Gasteiger partial charge is 0.481 e. The zero-order chi connectivity index (χ0) is 13.8. The molecule has 2 N–H and O–H groups in total. The van der Waals surface area contributed by atoms with Crippen molar-refractivity contribution in [3.05, 3.63) is 0 Å². The molecule has 0 spiro atoms. The number of carboxylic acid groups (broad SMARTS) is 1. The number of aliphatic carboxylic acids is 1. The van der Waals surface area contributed by atoms with Gasteiger partial charge in [-0.25, -0.2) is 0 Å². The van der Waals surface area contributed by atoms with Crippen molar-refractivity contribution in [2.24, 2.45) is 5.92 Å². The Bertz CT molecular complexity index is 204. The summed E-state index contributed by atoms with van der Waals surface area (Å²) in [5.41, 5.74) is 0. The average molecular weight is 258 g/mol. The number of aliphatic hydroxyl groups excluding tert-OH is 1. The maximum absolute atomic E-state index is 11.0. The molecule has 0 aromatic heterocycles. The van der Waals surface area contributed by atoms with Crippen molar-refractivity contribution < 1.29 is 15.0 Å². The molecule has 0 saturated carbocycles. The van der Waals surface area contributed by atoms with Gasteiger partial charge < -0.3 is 10.2 Å². The third-order valence-electron chi connectivity index (χ3n) is 3.57. The summed E-state index contributed by atoms with van der Waals surface area (Å²) in [5, 5.41) is 18.6. The fourth-order valence-corrected chi connectivity index (χ4v) is 2.26. The average Bonchev–Trinajstić information content (AvgIpc) is 2.35. The van der Waals surface area contributed by atoms with Gasteiger partial charge in [-0.15, -0.1) is 0 Å². The van der Waals surface area contributed by atoms with Crippen molar-refractivity contribution in [1.29, 1.82) is 0 Å². The standard InChI is InChI=1S/C15H30O3/c1-3-5-6-7-8-9-10-11-12-13(15(17)18)14(16)4-2/h13-14,16H,3-12H2,1-2H3,(H,17,18). The van der Waals surface area contributed by atoms with Gasteiger partial charge in [0.05, 0.1) is 12.0 Å². The Morgan fingerprint density at radius 3 is 1.89 bits per heavy atom. The Morgan fingerprint density at radius 2 is 1.44 bits per heavy atom. The summed E-state index contributed by atoms with van der Waals surface area (Å²) in [6.07, 6.45) is 10.1. The molecule has 0 aliphatic heterocycles. The molecule has 2 atom stereocenters. The molecule has 0 rings (SSSR count). The minimum Gasteiger partial charge on any atom is -0.481 e. The molecular formula is C15H30O3. The van der Waals surface area contributed by atoms with E-state index in [0.29, 0.717) is 12.8 Å². The number of hydrogen-bond donors (Lipinski definition) is 2. The van der Waals surface area contributed by atoms with Crippen LogP contribution in [-0.2, 0) is 4.79 Å². The van der Waals surface area contributed by atoms with Gasteiger partial charge in [0.25, 0.3) is 0 Å². The minimum atomic E-state index is -0.854. The van der Waals surface area contributed by atoms with Crippen molar-refractivity contribution in [2.45, 2.75) is 84.2 Å². The van der Waals surface area contributed by atoms with E-state index in [1.807, 2.05) is 6.92 Å². The van der Waals surface area contributed by atoms with E-state index in [1.165, 1.54) is 38.5 Å². The predicted molar refractivity (Wildman–Crippen MR) is 74.7 cm³/mol. The number of hydrogen-bond acceptors (Lipinski definition) is 2. The molecule has 3 heteroatoms. The van der Waals surface area contributed by atoms with Gasteiger partial charge in [0, 0.05) is 0 Å². The lowest BCUT2D eigenvalue weighted by Crippen LogP contribution is -2.27. The van der Waals surface area contributed by atoms with Gasteiger partial charge in [0.1, 0.15) is 0 Å². The van der Waals surface area contributed by atoms with Crippen LogP contribution < -0.4 is 0 Å². The highest BCUT2D eigenvalue weighted by Gasteiger charge is 2.24. The molecule has 0 aromatic rings. The first-order valence-electron chi connectivity index (χ1n) is 7.54. The highest BCUT2D eigenvalue weighted by atomic mass is 16.4. The minimum absolute atomic E-state index is 0.522. The first-order valence-corrected chi connectivity index (χ1v) is 7.54. The second kappa shape index (κ2) is 11.5. The van der Waals surface area contributed by atoms with Crippen molar-refractivity contribution in [2.75, 3.05) is 0 Å². The van der Waals surface area contributed by atoms with E-state index in [4.69, 9.17) is 5.11 Å². The molecule has 0 heterocycles. The molecule has 0 aliphatic rings. The van der Waals surface area contributed by atoms with Gasteiger partial charge in [0.15, 0.2) is 0 Å². The second-order valence-corrected chi connectivity index (χ2v) is 5.18. The Labute approximate surface area is 112 Å². The lowest BCUT2D eigenvalue weighted by atomic mass is 9.93. The lowest BCUT2D eigenvalue weighted by Gasteiger charge is -2.17. The van der Waals surface area contributed by atoms with Gasteiger partial charge in [0.2, 0.25) is 0 Å². The molecule has 0 aromatic carbocycles. The Morgan fingerprint density at radius 1 is 0.944 bits per heavy atom. The van der Waals surface area contributed by atoms with Gasteiger partial charge in [-0.05, 0) is 12.8 Å². The second-order valence-electron chi connectivity index (χ2n) is 5.18. The van der Waals surface area contributed by atoms with Crippen LogP contribution >= 0.6 is 0 Å². The van der Waals surface area contributed by atoms with Gasteiger partial charge in [-0.1, -0.05) is 65.2 Å². The van der Waals surface area contributed by atoms with E-state index in [2.05, 4.69) is 6.92 Å². The number of unbranched alkanes of at least 4 members (excludes halogenated alkanes) is 7. The number of rotatable bonds is 12. The van der Waals surface area contributed by atoms with Gasteiger partial charge in [-0.3, -0.25) is 4.79 Å². The summed E-state index contributed by atoms with van der Waals surface area (Å²) in [6.45, 7) is 4.04. The van der Waals surface area contributed by atoms with E-state index >= 15 is 0 Å². The van der Waals surface area contributed by atoms with Crippen LogP contribution in [0.3, 0.4) is 0 Å². The summed E-state index contributed by atoms with van der Waals surface area (Å²) in [7, 11) is 0. The molecule has 0 bridgehead atoms. The predicted octanol–water partition coefficient (Wildman–Crippen LogP) is 3.99. The Kier molecular flexibility index (Phi) is 11.2. The molecule has 2 unspecified atom stereocenters. The number of carbonyl (C=O) groups is 1. The number of aliphatic hydroxyl groups is 1. The summed E-state index contributed by atoms with van der Waals surface area (Å²) >= 11 is 0. The molecule has 0 amide bonds. The highest BCUT2D eigenvalue weighted by molar-refractivity contribution is 5.70. The van der Waals surface area contributed by atoms with Gasteiger partial charge in [-0.2, -0.15) is 0 Å². The quantitative estimate of drug-likeness (QED) is 0.520. The van der Waals surface area contributed by atoms with Crippen LogP contribution in [0.15, 0.2) is 0 Å². The topological polar surface area (TPSA) is 57.5 Å². The zero-order valence-corrected chi connectivity index (χ0v) is 12.0. The molecule has 18 heavy (non-hydrogen) atoms. The zero-order valence-electron chi connectivity index (χ0n) is 12.0. The van der Waals surface area contributed by atoms with E-state index < -0.39 is 18.0 Å². The van der Waals surface area contributed by atoms with E-state index in [-0.39, 0.29) is 0 Å². The summed E-state index contributed by atoms with van der Waals surface area (Å²) in [4.78, 5) is 11.0. The van der Waals surface area contributed by atoms with Crippen molar-refractivity contribution in [3.63, 3.8) is 0 Å². The molecule has 108 valence electrons. The highest BCUT2D eigenvalue weighted by Crippen LogP contribution is 2.18. The Hall–Kier alpha value is -0.570. The van der Waals surface area contributed by atoms with Crippen LogP contribution in [0, 0.1) is 5.92 Å². The molecule has 0 fully saturated rings. The normalized spacial score (nSPS) is 14.4. The van der Waals surface area contributed by atoms with Crippen molar-refractivity contribution in [1.82, 2.24) is 0 Å². The van der Waals surface area contributed by atoms with Crippen LogP contribution in [-0.4, -0.2) is 22.3 Å². The van der Waals surface area contributed by atoms with Crippen LogP contribution in [0.1, 0.15) is 78.1 Å². The lowest BCUT2D eigenvalue weighted by molar-refractivity contribution is -0.146. The molecule has 0 saturated heterocycles. The first-order chi connectivity index (χ1) is 8.63. The smallest absolute Gasteiger partial charge is 0.309 e. The number of carboxylic acids is 1. The summed E-state index contributed by atoms with van der Waals surface area (Å²) in [5.74, 6) is -1.43. The fraction of sp³-hybridized carbons (Fsp3) is 0.933. The van der Waals surface area contributed by atoms with E-state index in [1.54, 1.807) is 0 Å². The Balaban J connectivity index is 3.53. The van der Waals surface area contributed by atoms with Crippen LogP contribution in [0.25, 0.3) is 0 Å². The maximum atomic E-state index is 11.0. The molecule has 0 radical (unpaired) electrons.